The standard InChI is InChI=1S/C26H28Cl2N4O4.CH4O3S/c1-3-15-35-26(34)36-20-10-7-18(8-11-20)24-17(2)23(25(33)30-31-13-5-4-6-14-31)29-32(24)22-12-9-19(27)16-21(22)28;1-5(2,3)4/h7-12,16H,3-6,13-15H2,1-2H3,(H,30,33);1H3,(H,2,3,4). The molecule has 0 bridgehead atoms. The number of nitrogens with zero attached hydrogens (tertiary/aromatic N) is 3. The van der Waals surface area contributed by atoms with E-state index in [9.17, 15) is 18.0 Å². The largest absolute Gasteiger partial charge is 0.513 e. The topological polar surface area (TPSA) is 140 Å². The van der Waals surface area contributed by atoms with Crippen molar-refractivity contribution in [2.75, 3.05) is 26.0 Å². The first kappa shape index (κ1) is 32.4. The molecule has 11 nitrogen and oxygen atoms in total. The summed E-state index contributed by atoms with van der Waals surface area (Å²) in [4.78, 5) is 25.0. The van der Waals surface area contributed by atoms with Gasteiger partial charge in [0.15, 0.2) is 5.69 Å². The molecule has 1 amide bonds. The average molecular weight is 628 g/mol. The van der Waals surface area contributed by atoms with Crippen molar-refractivity contribution in [3.8, 4) is 22.7 Å². The van der Waals surface area contributed by atoms with Crippen molar-refractivity contribution in [2.45, 2.75) is 39.5 Å². The van der Waals surface area contributed by atoms with Gasteiger partial charge in [-0.25, -0.2) is 14.5 Å². The molecule has 0 aliphatic carbocycles. The van der Waals surface area contributed by atoms with Crippen molar-refractivity contribution in [1.82, 2.24) is 20.2 Å². The van der Waals surface area contributed by atoms with Crippen molar-refractivity contribution < 1.29 is 32.0 Å². The fraction of sp³-hybridized carbons (Fsp3) is 0.370. The Labute approximate surface area is 249 Å². The molecule has 2 aromatic carbocycles. The summed E-state index contributed by atoms with van der Waals surface area (Å²) in [7, 11) is -3.67. The van der Waals surface area contributed by atoms with Crippen LogP contribution in [0.5, 0.6) is 5.75 Å². The van der Waals surface area contributed by atoms with Crippen molar-refractivity contribution in [3.63, 3.8) is 0 Å². The quantitative estimate of drug-likeness (QED) is 0.191. The summed E-state index contributed by atoms with van der Waals surface area (Å²) in [5.41, 5.74) is 5.99. The Bertz CT molecular complexity index is 1460. The zero-order valence-electron chi connectivity index (χ0n) is 22.9. The number of hydrazine groups is 1. The lowest BCUT2D eigenvalue weighted by molar-refractivity contribution is 0.0743. The molecular weight excluding hydrogens is 595 g/mol. The maximum absolute atomic E-state index is 13.2. The molecule has 1 aliphatic heterocycles. The molecule has 1 aliphatic rings. The van der Waals surface area contributed by atoms with Gasteiger partial charge in [-0.15, -0.1) is 0 Å². The first-order chi connectivity index (χ1) is 19.4. The third-order valence-electron chi connectivity index (χ3n) is 5.84. The Morgan fingerprint density at radius 3 is 2.29 bits per heavy atom. The second-order valence-electron chi connectivity index (χ2n) is 9.28. The van der Waals surface area contributed by atoms with Gasteiger partial charge >= 0.3 is 6.16 Å². The van der Waals surface area contributed by atoms with E-state index in [0.29, 0.717) is 57.7 Å². The van der Waals surface area contributed by atoms with Crippen LogP contribution in [0.25, 0.3) is 16.9 Å². The molecule has 222 valence electrons. The first-order valence-corrected chi connectivity index (χ1v) is 15.5. The minimum atomic E-state index is -3.67. The average Bonchev–Trinajstić information content (AvgIpc) is 3.24. The number of ether oxygens (including phenoxy) is 2. The summed E-state index contributed by atoms with van der Waals surface area (Å²) >= 11 is 12.6. The predicted molar refractivity (Wildman–Crippen MR) is 156 cm³/mol. The summed E-state index contributed by atoms with van der Waals surface area (Å²) in [5.74, 6) is 0.0641. The van der Waals surface area contributed by atoms with Gasteiger partial charge in [-0.05, 0) is 68.7 Å². The Morgan fingerprint density at radius 1 is 1.07 bits per heavy atom. The number of carbonyl (C=O) groups is 2. The molecule has 0 atom stereocenters. The van der Waals surface area contributed by atoms with Gasteiger partial charge in [0.1, 0.15) is 5.75 Å². The highest BCUT2D eigenvalue weighted by Crippen LogP contribution is 2.33. The summed E-state index contributed by atoms with van der Waals surface area (Å²) in [6, 6.07) is 12.0. The van der Waals surface area contributed by atoms with Crippen LogP contribution in [0.2, 0.25) is 10.0 Å². The van der Waals surface area contributed by atoms with Gasteiger partial charge in [-0.2, -0.15) is 13.5 Å². The number of hydrogen-bond donors (Lipinski definition) is 2. The smallest absolute Gasteiger partial charge is 0.434 e. The lowest BCUT2D eigenvalue weighted by Gasteiger charge is -2.26. The van der Waals surface area contributed by atoms with Gasteiger partial charge in [-0.3, -0.25) is 14.8 Å². The van der Waals surface area contributed by atoms with Crippen LogP contribution in [0.4, 0.5) is 4.79 Å². The normalized spacial score (nSPS) is 13.6. The third-order valence-corrected chi connectivity index (χ3v) is 6.38. The Balaban J connectivity index is 0.000000850. The second-order valence-corrected chi connectivity index (χ2v) is 11.6. The molecule has 1 aromatic heterocycles. The van der Waals surface area contributed by atoms with E-state index in [2.05, 4.69) is 10.5 Å². The number of piperidine rings is 1. The van der Waals surface area contributed by atoms with E-state index in [4.69, 9.17) is 37.2 Å². The lowest BCUT2D eigenvalue weighted by atomic mass is 10.1. The van der Waals surface area contributed by atoms with E-state index in [1.54, 1.807) is 47.1 Å². The van der Waals surface area contributed by atoms with Crippen LogP contribution in [0, 0.1) is 6.92 Å². The van der Waals surface area contributed by atoms with Gasteiger partial charge in [0, 0.05) is 29.2 Å². The summed E-state index contributed by atoms with van der Waals surface area (Å²) < 4.78 is 37.7. The zero-order valence-corrected chi connectivity index (χ0v) is 25.2. The molecule has 1 fully saturated rings. The Hall–Kier alpha value is -3.16. The van der Waals surface area contributed by atoms with Gasteiger partial charge in [-0.1, -0.05) is 36.5 Å². The number of aromatic nitrogens is 2. The molecule has 3 aromatic rings. The van der Waals surface area contributed by atoms with E-state index in [1.165, 1.54) is 0 Å². The van der Waals surface area contributed by atoms with Crippen LogP contribution >= 0.6 is 23.2 Å². The molecule has 0 saturated carbocycles. The molecule has 14 heteroatoms. The molecule has 0 radical (unpaired) electrons. The van der Waals surface area contributed by atoms with E-state index >= 15 is 0 Å². The Kier molecular flexibility index (Phi) is 11.6. The molecule has 1 saturated heterocycles. The zero-order chi connectivity index (χ0) is 30.2. The molecule has 2 N–H and O–H groups in total. The third kappa shape index (κ3) is 9.72. The van der Waals surface area contributed by atoms with Crippen molar-refractivity contribution in [3.05, 3.63) is 63.8 Å². The molecular formula is C27H32Cl2N4O7S. The van der Waals surface area contributed by atoms with Gasteiger partial charge in [0.2, 0.25) is 0 Å². The monoisotopic (exact) mass is 626 g/mol. The van der Waals surface area contributed by atoms with Crippen molar-refractivity contribution in [1.29, 1.82) is 0 Å². The van der Waals surface area contributed by atoms with Crippen LogP contribution < -0.4 is 10.2 Å². The van der Waals surface area contributed by atoms with E-state index in [-0.39, 0.29) is 5.91 Å². The highest BCUT2D eigenvalue weighted by Gasteiger charge is 2.25. The number of halogens is 2. The molecule has 0 spiro atoms. The SMILES string of the molecule is CCCOC(=O)Oc1ccc(-c2c(C)c(C(=O)NN3CCCCC3)nn2-c2ccc(Cl)cc2Cl)cc1.CS(=O)(=O)O. The number of rotatable bonds is 7. The van der Waals surface area contributed by atoms with E-state index in [1.807, 2.05) is 18.9 Å². The summed E-state index contributed by atoms with van der Waals surface area (Å²) in [6.45, 7) is 5.66. The molecule has 41 heavy (non-hydrogen) atoms. The molecule has 2 heterocycles. The van der Waals surface area contributed by atoms with Crippen LogP contribution in [0.15, 0.2) is 42.5 Å². The van der Waals surface area contributed by atoms with Crippen LogP contribution in [0.3, 0.4) is 0 Å². The molecule has 0 unspecified atom stereocenters. The summed E-state index contributed by atoms with van der Waals surface area (Å²) in [6.07, 6.45) is 3.91. The Morgan fingerprint density at radius 2 is 1.71 bits per heavy atom. The van der Waals surface area contributed by atoms with E-state index in [0.717, 1.165) is 37.9 Å². The highest BCUT2D eigenvalue weighted by atomic mass is 35.5. The fourth-order valence-corrected chi connectivity index (χ4v) is 4.56. The van der Waals surface area contributed by atoms with Crippen LogP contribution in [0.1, 0.15) is 48.7 Å². The number of benzene rings is 2. The van der Waals surface area contributed by atoms with Crippen LogP contribution in [-0.2, 0) is 14.9 Å². The second kappa shape index (κ2) is 14.6. The maximum Gasteiger partial charge on any atom is 0.513 e. The number of amides is 1. The predicted octanol–water partition coefficient (Wildman–Crippen LogP) is 5.71. The maximum atomic E-state index is 13.2. The van der Waals surface area contributed by atoms with E-state index < -0.39 is 16.3 Å². The van der Waals surface area contributed by atoms with Crippen molar-refractivity contribution >= 4 is 45.4 Å². The summed E-state index contributed by atoms with van der Waals surface area (Å²) in [5, 5.41) is 7.49. The number of nitrogens with one attached hydrogen (secondary N) is 1. The van der Waals surface area contributed by atoms with Gasteiger partial charge < -0.3 is 9.47 Å². The van der Waals surface area contributed by atoms with Gasteiger partial charge in [0.25, 0.3) is 16.0 Å². The highest BCUT2D eigenvalue weighted by molar-refractivity contribution is 7.85. The molecule has 4 rings (SSSR count). The van der Waals surface area contributed by atoms with Gasteiger partial charge in [0.05, 0.1) is 29.3 Å². The number of hydrogen-bond acceptors (Lipinski definition) is 8. The van der Waals surface area contributed by atoms with Crippen LogP contribution in [-0.4, -0.2) is 65.8 Å². The minimum Gasteiger partial charge on any atom is -0.434 e. The first-order valence-electron chi connectivity index (χ1n) is 12.9. The van der Waals surface area contributed by atoms with Crippen molar-refractivity contribution in [2.24, 2.45) is 0 Å². The lowest BCUT2D eigenvalue weighted by Crippen LogP contribution is -2.45. The fourth-order valence-electron chi connectivity index (χ4n) is 4.07. The minimum absolute atomic E-state index is 0.280. The number of carbonyl (C=O) groups excluding carboxylic acids is 2.